The third kappa shape index (κ3) is 4.73. The number of phosphoric acid groups is 1. The predicted molar refractivity (Wildman–Crippen MR) is 51.6 cm³/mol. The fraction of sp³-hybridized carbons (Fsp3) is 0.571. The van der Waals surface area contributed by atoms with Gasteiger partial charge in [0.1, 0.15) is 7.82 Å². The third-order valence-corrected chi connectivity index (χ3v) is 2.05. The number of esters is 1. The summed E-state index contributed by atoms with van der Waals surface area (Å²) in [6.07, 6.45) is -3.48. The number of aliphatic hydroxyl groups is 2. The molecule has 0 bridgehead atoms. The Kier molecular flexibility index (Phi) is 8.09. The van der Waals surface area contributed by atoms with Crippen LogP contribution in [0.15, 0.2) is 11.5 Å². The zero-order chi connectivity index (χ0) is 12.5. The third-order valence-electron chi connectivity index (χ3n) is 1.64. The SMILES string of the molecule is C.O=C1O[C@H]([C@@H](O)C[O-])C(O)=C1OP(=O)([O-])[O-].[Mg+2]. The first kappa shape index (κ1) is 20.0. The van der Waals surface area contributed by atoms with Gasteiger partial charge in [0.25, 0.3) is 5.76 Å². The molecule has 0 unspecified atom stereocenters. The normalized spacial score (nSPS) is 20.7. The van der Waals surface area contributed by atoms with Crippen molar-refractivity contribution < 1.29 is 43.7 Å². The van der Waals surface area contributed by atoms with Gasteiger partial charge in [0.05, 0.1) is 6.10 Å². The van der Waals surface area contributed by atoms with Crippen LogP contribution in [0, 0.1) is 0 Å². The molecule has 0 aliphatic carbocycles. The average molecular weight is 293 g/mol. The largest absolute Gasteiger partial charge is 2.00 e. The molecule has 2 N–H and O–H groups in total. The molecule has 1 aliphatic heterocycles. The van der Waals surface area contributed by atoms with E-state index in [-0.39, 0.29) is 30.5 Å². The van der Waals surface area contributed by atoms with Crippen LogP contribution in [0.1, 0.15) is 7.43 Å². The molecule has 2 atom stereocenters. The van der Waals surface area contributed by atoms with Crippen molar-refractivity contribution in [1.82, 2.24) is 0 Å². The summed E-state index contributed by atoms with van der Waals surface area (Å²) >= 11 is 0. The zero-order valence-electron chi connectivity index (χ0n) is 8.27. The van der Waals surface area contributed by atoms with E-state index in [1.165, 1.54) is 0 Å². The summed E-state index contributed by atoms with van der Waals surface area (Å²) in [6.45, 7) is -1.10. The fourth-order valence-electron chi connectivity index (χ4n) is 1.00. The summed E-state index contributed by atoms with van der Waals surface area (Å²) in [5, 5.41) is 28.5. The Labute approximate surface area is 118 Å². The van der Waals surface area contributed by atoms with Gasteiger partial charge in [-0.05, 0) is 0 Å². The van der Waals surface area contributed by atoms with Crippen molar-refractivity contribution in [3.8, 4) is 0 Å². The van der Waals surface area contributed by atoms with Gasteiger partial charge in [-0.15, -0.1) is 6.61 Å². The van der Waals surface area contributed by atoms with Gasteiger partial charge in [0, 0.05) is 0 Å². The topological polar surface area (TPSA) is 162 Å². The van der Waals surface area contributed by atoms with Crippen LogP contribution in [-0.4, -0.2) is 58.0 Å². The number of carbonyl (C=O) groups excluding carboxylic acids is 1. The number of ether oxygens (including phenoxy) is 1. The van der Waals surface area contributed by atoms with E-state index >= 15 is 0 Å². The van der Waals surface area contributed by atoms with Gasteiger partial charge in [0.15, 0.2) is 11.9 Å². The van der Waals surface area contributed by atoms with E-state index < -0.39 is 44.1 Å². The smallest absolute Gasteiger partial charge is 0.853 e. The van der Waals surface area contributed by atoms with Gasteiger partial charge in [0.2, 0.25) is 0 Å². The molecule has 0 saturated carbocycles. The van der Waals surface area contributed by atoms with Crippen LogP contribution >= 0.6 is 7.82 Å². The van der Waals surface area contributed by atoms with E-state index in [1.807, 2.05) is 0 Å². The number of carbonyl (C=O) groups is 1. The Morgan fingerprint density at radius 1 is 1.50 bits per heavy atom. The molecule has 0 saturated heterocycles. The van der Waals surface area contributed by atoms with Crippen LogP contribution in [0.2, 0.25) is 0 Å². The zero-order valence-corrected chi connectivity index (χ0v) is 10.6. The minimum absolute atomic E-state index is 0. The van der Waals surface area contributed by atoms with E-state index in [2.05, 4.69) is 9.26 Å². The van der Waals surface area contributed by atoms with Gasteiger partial charge in [-0.3, -0.25) is 0 Å². The maximum absolute atomic E-state index is 10.9. The Morgan fingerprint density at radius 3 is 2.39 bits per heavy atom. The number of hydrogen-bond donors (Lipinski definition) is 2. The van der Waals surface area contributed by atoms with Gasteiger partial charge >= 0.3 is 29.0 Å². The fourth-order valence-corrected chi connectivity index (χ4v) is 1.39. The summed E-state index contributed by atoms with van der Waals surface area (Å²) < 4.78 is 18.1. The molecule has 0 aromatic carbocycles. The Balaban J connectivity index is 0. The molecule has 11 heteroatoms. The van der Waals surface area contributed by atoms with Crippen LogP contribution in [0.25, 0.3) is 0 Å². The van der Waals surface area contributed by atoms with Crippen molar-refractivity contribution in [2.75, 3.05) is 6.61 Å². The van der Waals surface area contributed by atoms with Gasteiger partial charge < -0.3 is 38.9 Å². The van der Waals surface area contributed by atoms with Gasteiger partial charge in [-0.2, -0.15) is 0 Å². The molecular weight excluding hydrogens is 283 g/mol. The predicted octanol–water partition coefficient (Wildman–Crippen LogP) is -3.50. The van der Waals surface area contributed by atoms with Crippen molar-refractivity contribution in [3.63, 3.8) is 0 Å². The van der Waals surface area contributed by atoms with E-state index in [0.29, 0.717) is 0 Å². The Bertz CT molecular complexity index is 375. The number of aliphatic hydroxyl groups excluding tert-OH is 2. The molecular formula is C7H10MgO9P-. The molecule has 18 heavy (non-hydrogen) atoms. The molecule has 1 heterocycles. The number of rotatable bonds is 4. The number of cyclic esters (lactones) is 1. The molecule has 0 amide bonds. The molecule has 0 radical (unpaired) electrons. The Hall–Kier alpha value is -0.354. The quantitative estimate of drug-likeness (QED) is 0.304. The van der Waals surface area contributed by atoms with Crippen molar-refractivity contribution in [2.45, 2.75) is 19.6 Å². The molecule has 1 aliphatic rings. The van der Waals surface area contributed by atoms with Crippen LogP contribution in [0.5, 0.6) is 0 Å². The number of hydrogen-bond acceptors (Lipinski definition) is 9. The number of phosphoric ester groups is 1. The van der Waals surface area contributed by atoms with Crippen LogP contribution in [-0.2, 0) is 18.6 Å². The second kappa shape index (κ2) is 7.29. The molecule has 0 aromatic heterocycles. The first-order valence-corrected chi connectivity index (χ1v) is 5.34. The summed E-state index contributed by atoms with van der Waals surface area (Å²) in [4.78, 5) is 31.3. The summed E-state index contributed by atoms with van der Waals surface area (Å²) in [5.74, 6) is -3.77. The standard InChI is InChI=1S/C6H8O9P.CH4.Mg/c7-1-2(8)4-3(9)5(6(10)14-4)15-16(11,12)13;;/h2,4,8-9H,1H2,(H2,11,12,13);1H4;/q-1;;+2/p-2/t2-,4+;;/m0../s1. The minimum Gasteiger partial charge on any atom is -0.853 e. The van der Waals surface area contributed by atoms with Crippen molar-refractivity contribution in [3.05, 3.63) is 11.5 Å². The van der Waals surface area contributed by atoms with E-state index in [4.69, 9.17) is 5.11 Å². The van der Waals surface area contributed by atoms with Gasteiger partial charge in [-0.1, -0.05) is 7.43 Å². The van der Waals surface area contributed by atoms with Crippen molar-refractivity contribution >= 4 is 36.8 Å². The van der Waals surface area contributed by atoms with Crippen LogP contribution < -0.4 is 14.9 Å². The first-order chi connectivity index (χ1) is 7.26. The molecule has 0 fully saturated rings. The molecule has 9 nitrogen and oxygen atoms in total. The molecule has 0 aromatic rings. The van der Waals surface area contributed by atoms with Crippen LogP contribution in [0.4, 0.5) is 0 Å². The van der Waals surface area contributed by atoms with E-state index in [9.17, 15) is 29.4 Å². The molecule has 1 rings (SSSR count). The maximum atomic E-state index is 10.9. The van der Waals surface area contributed by atoms with E-state index in [1.54, 1.807) is 0 Å². The maximum Gasteiger partial charge on any atom is 2.00 e. The Morgan fingerprint density at radius 2 is 2.00 bits per heavy atom. The van der Waals surface area contributed by atoms with Gasteiger partial charge in [-0.25, -0.2) is 4.79 Å². The molecule has 0 spiro atoms. The van der Waals surface area contributed by atoms with Crippen molar-refractivity contribution in [2.24, 2.45) is 0 Å². The van der Waals surface area contributed by atoms with Crippen LogP contribution in [0.3, 0.4) is 0 Å². The second-order valence-electron chi connectivity index (χ2n) is 2.81. The summed E-state index contributed by atoms with van der Waals surface area (Å²) in [5.41, 5.74) is 0. The monoisotopic (exact) mass is 293 g/mol. The van der Waals surface area contributed by atoms with E-state index in [0.717, 1.165) is 0 Å². The minimum atomic E-state index is -5.53. The molecule has 100 valence electrons. The summed E-state index contributed by atoms with van der Waals surface area (Å²) in [6, 6.07) is 0. The summed E-state index contributed by atoms with van der Waals surface area (Å²) in [7, 11) is -5.53. The first-order valence-electron chi connectivity index (χ1n) is 3.88. The average Bonchev–Trinajstić information content (AvgIpc) is 2.42. The van der Waals surface area contributed by atoms with Crippen molar-refractivity contribution in [1.29, 1.82) is 0 Å². The second-order valence-corrected chi connectivity index (χ2v) is 3.89.